The fraction of sp³-hybridized carbons (Fsp3) is 0.0976. The summed E-state index contributed by atoms with van der Waals surface area (Å²) >= 11 is 0. The number of hydrogen-bond donors (Lipinski definition) is 5. The molecule has 2 aliphatic carbocycles. The molecule has 16 nitrogen and oxygen atoms in total. The molecule has 5 N–H and O–H groups in total. The van der Waals surface area contributed by atoms with Gasteiger partial charge in [0.05, 0.1) is 38.3 Å². The van der Waals surface area contributed by atoms with E-state index < -0.39 is 107 Å². The van der Waals surface area contributed by atoms with E-state index in [-0.39, 0.29) is 62.7 Å². The molecule has 19 heteroatoms. The molecule has 60 heavy (non-hydrogen) atoms. The van der Waals surface area contributed by atoms with E-state index in [1.807, 2.05) is 0 Å². The van der Waals surface area contributed by atoms with Crippen molar-refractivity contribution in [2.75, 3.05) is 5.32 Å². The van der Waals surface area contributed by atoms with Crippen LogP contribution in [0.3, 0.4) is 0 Å². The van der Waals surface area contributed by atoms with Crippen LogP contribution in [-0.4, -0.2) is 60.6 Å². The number of Topliss-reactive ketones (excluding diaryl/α,β-unsaturated/α-hetero) is 2. The Labute approximate surface area is 338 Å². The molecule has 5 aromatic rings. The lowest BCUT2D eigenvalue weighted by molar-refractivity contribution is 0.0829. The highest BCUT2D eigenvalue weighted by atomic mass is 32.2. The van der Waals surface area contributed by atoms with Gasteiger partial charge in [0.15, 0.2) is 17.0 Å². The van der Waals surface area contributed by atoms with Crippen LogP contribution in [0.25, 0.3) is 27.4 Å². The summed E-state index contributed by atoms with van der Waals surface area (Å²) in [6.07, 6.45) is -0.467. The monoisotopic (exact) mass is 868 g/mol. The van der Waals surface area contributed by atoms with Crippen LogP contribution < -0.4 is 21.5 Å². The first-order valence-corrected chi connectivity index (χ1v) is 22.1. The van der Waals surface area contributed by atoms with Gasteiger partial charge in [-0.1, -0.05) is 78.9 Å². The van der Waals surface area contributed by atoms with Crippen LogP contribution in [0.15, 0.2) is 121 Å². The minimum absolute atomic E-state index is 0.0581. The summed E-state index contributed by atoms with van der Waals surface area (Å²) in [7, 11) is -16.0. The van der Waals surface area contributed by atoms with Crippen molar-refractivity contribution in [3.05, 3.63) is 156 Å². The molecule has 0 unspecified atom stereocenters. The molecule has 304 valence electrons. The maximum atomic E-state index is 14.5. The molecule has 0 fully saturated rings. The molecule has 3 aliphatic rings. The van der Waals surface area contributed by atoms with Crippen molar-refractivity contribution in [1.82, 2.24) is 4.98 Å². The van der Waals surface area contributed by atoms with Crippen molar-refractivity contribution in [3.63, 3.8) is 0 Å². The lowest BCUT2D eigenvalue weighted by atomic mass is 9.95. The van der Waals surface area contributed by atoms with E-state index in [9.17, 15) is 63.2 Å². The normalized spacial score (nSPS) is 14.3. The second kappa shape index (κ2) is 14.4. The lowest BCUT2D eigenvalue weighted by Crippen LogP contribution is -2.33. The average molecular weight is 869 g/mol. The number of carbonyl (C=O) groups is 2. The lowest BCUT2D eigenvalue weighted by Gasteiger charge is -2.18. The molecule has 0 amide bonds. The number of hydrogen-bond acceptors (Lipinski definition) is 13. The number of aliphatic hydroxyl groups excluding tert-OH is 1. The van der Waals surface area contributed by atoms with Gasteiger partial charge in [0.25, 0.3) is 35.9 Å². The number of anilines is 2. The maximum Gasteiger partial charge on any atom is 0.296 e. The van der Waals surface area contributed by atoms with Gasteiger partial charge in [-0.2, -0.15) is 25.3 Å². The van der Waals surface area contributed by atoms with Crippen LogP contribution >= 0.6 is 0 Å². The minimum Gasteiger partial charge on any atom is -0.506 e. The Morgan fingerprint density at radius 2 is 1.20 bits per heavy atom. The SMILES string of the molecule is O=C1c2ccccc2C(=O)C1CCCc1cc(Nc2cc(S(=O)(=O)O)c3nc(=O)c(=C(O)c4ccccc4)c4c5ccccc5c(=O)c2c3=4)c(S(=O)(=O)O)cc1S(=O)(=O)O. The van der Waals surface area contributed by atoms with Gasteiger partial charge < -0.3 is 10.4 Å². The second-order valence-corrected chi connectivity index (χ2v) is 18.2. The molecule has 5 aromatic carbocycles. The Balaban J connectivity index is 1.39. The van der Waals surface area contributed by atoms with E-state index >= 15 is 0 Å². The average Bonchev–Trinajstić information content (AvgIpc) is 3.43. The summed E-state index contributed by atoms with van der Waals surface area (Å²) in [5, 5.41) is 12.8. The van der Waals surface area contributed by atoms with Crippen LogP contribution in [0.4, 0.5) is 11.4 Å². The van der Waals surface area contributed by atoms with Crippen molar-refractivity contribution in [2.45, 2.75) is 33.9 Å². The number of ketones is 2. The highest BCUT2D eigenvalue weighted by Gasteiger charge is 2.38. The van der Waals surface area contributed by atoms with Crippen molar-refractivity contribution in [1.29, 1.82) is 0 Å². The summed E-state index contributed by atoms with van der Waals surface area (Å²) < 4.78 is 108. The molecule has 1 heterocycles. The fourth-order valence-corrected chi connectivity index (χ4v) is 10.00. The van der Waals surface area contributed by atoms with E-state index in [4.69, 9.17) is 0 Å². The Kier molecular flexibility index (Phi) is 9.65. The van der Waals surface area contributed by atoms with E-state index in [1.54, 1.807) is 30.3 Å². The van der Waals surface area contributed by atoms with Gasteiger partial charge in [0.2, 0.25) is 0 Å². The zero-order valence-electron chi connectivity index (χ0n) is 30.5. The highest BCUT2D eigenvalue weighted by Crippen LogP contribution is 2.37. The minimum atomic E-state index is -5.41. The van der Waals surface area contributed by atoms with Gasteiger partial charge in [0.1, 0.15) is 15.6 Å². The van der Waals surface area contributed by atoms with E-state index in [0.29, 0.717) is 12.1 Å². The number of aryl methyl sites for hydroxylation is 1. The fourth-order valence-electron chi connectivity index (χ4n) is 7.85. The van der Waals surface area contributed by atoms with E-state index in [2.05, 4.69) is 10.3 Å². The van der Waals surface area contributed by atoms with Crippen LogP contribution in [0.1, 0.15) is 44.7 Å². The van der Waals surface area contributed by atoms with Crippen molar-refractivity contribution in [3.8, 4) is 0 Å². The Morgan fingerprint density at radius 3 is 1.80 bits per heavy atom. The predicted octanol–water partition coefficient (Wildman–Crippen LogP) is 4.21. The van der Waals surface area contributed by atoms with Gasteiger partial charge in [-0.25, -0.2) is 4.98 Å². The topological polar surface area (TPSA) is 277 Å². The molecule has 0 saturated heterocycles. The van der Waals surface area contributed by atoms with Crippen LogP contribution in [0.5, 0.6) is 0 Å². The second-order valence-electron chi connectivity index (χ2n) is 14.0. The predicted molar refractivity (Wildman–Crippen MR) is 216 cm³/mol. The number of nitrogens with zero attached hydrogens (tertiary/aromatic N) is 1. The largest absolute Gasteiger partial charge is 0.506 e. The quantitative estimate of drug-likeness (QED) is 0.0951. The highest BCUT2D eigenvalue weighted by molar-refractivity contribution is 7.87. The molecule has 0 saturated carbocycles. The van der Waals surface area contributed by atoms with E-state index in [0.717, 1.165) is 6.07 Å². The molecule has 0 spiro atoms. The van der Waals surface area contributed by atoms with Gasteiger partial charge in [-0.3, -0.25) is 32.8 Å². The Morgan fingerprint density at radius 1 is 0.633 bits per heavy atom. The number of aliphatic hydroxyl groups is 1. The molecule has 0 aromatic heterocycles. The summed E-state index contributed by atoms with van der Waals surface area (Å²) in [6, 6.07) is 21.7. The first-order valence-electron chi connectivity index (χ1n) is 17.8. The van der Waals surface area contributed by atoms with E-state index in [1.165, 1.54) is 48.5 Å². The summed E-state index contributed by atoms with van der Waals surface area (Å²) in [4.78, 5) is 55.1. The van der Waals surface area contributed by atoms with Gasteiger partial charge in [-0.05, 0) is 48.4 Å². The van der Waals surface area contributed by atoms with Gasteiger partial charge in [-0.15, -0.1) is 0 Å². The summed E-state index contributed by atoms with van der Waals surface area (Å²) in [5.74, 6) is -2.60. The summed E-state index contributed by atoms with van der Waals surface area (Å²) in [6.45, 7) is 0. The number of rotatable bonds is 10. The van der Waals surface area contributed by atoms with Crippen LogP contribution in [-0.2, 0) is 36.8 Å². The molecular formula is C41H28N2O14S3. The number of fused-ring (bicyclic) bond motifs is 3. The van der Waals surface area contributed by atoms with Crippen LogP contribution in [0.2, 0.25) is 0 Å². The zero-order chi connectivity index (χ0) is 43.1. The zero-order valence-corrected chi connectivity index (χ0v) is 32.9. The Hall–Kier alpha value is -6.48. The van der Waals surface area contributed by atoms with Crippen molar-refractivity contribution in [2.24, 2.45) is 5.92 Å². The molecule has 0 bridgehead atoms. The first-order chi connectivity index (χ1) is 28.3. The van der Waals surface area contributed by atoms with Crippen LogP contribution in [0, 0.1) is 16.4 Å². The molecule has 0 atom stereocenters. The number of benzene rings is 5. The van der Waals surface area contributed by atoms with Crippen molar-refractivity contribution < 1.29 is 53.6 Å². The molecule has 8 rings (SSSR count). The van der Waals surface area contributed by atoms with Gasteiger partial charge in [0, 0.05) is 32.5 Å². The number of carbonyl (C=O) groups excluding carboxylic acids is 2. The third-order valence-electron chi connectivity index (χ3n) is 10.4. The molecule has 1 aliphatic heterocycles. The Bertz CT molecular complexity index is 3590. The third-order valence-corrected chi connectivity index (χ3v) is 13.1. The number of nitrogens with one attached hydrogen (secondary N) is 1. The smallest absolute Gasteiger partial charge is 0.296 e. The maximum absolute atomic E-state index is 14.5. The third kappa shape index (κ3) is 6.76. The summed E-state index contributed by atoms with van der Waals surface area (Å²) in [5.41, 5.74) is -3.54. The molecular weight excluding hydrogens is 841 g/mol. The van der Waals surface area contributed by atoms with Gasteiger partial charge >= 0.3 is 0 Å². The number of aromatic nitrogens is 1. The standard InChI is InChI=1S/C41H28N2O14S3/c44-37(20-9-2-1-3-10-20)35-32-22-12-4-5-13-23(22)40(47)33-28(18-31(60(55,56)57)36(34(32)33)43-41(35)48)42-27-17-21(29(58(49,50)51)19-30(27)59(52,53)54)11-8-16-26-38(45)24-14-6-7-15-25(24)39(26)46/h1-7,9-10,12-15,17-19,26,42,44H,8,11,16H2,(H,49,50,51)(H,52,53,54)(H,55,56,57). The first kappa shape index (κ1) is 40.3. The molecule has 0 radical (unpaired) electrons. The van der Waals surface area contributed by atoms with Crippen molar-refractivity contribution >= 4 is 80.7 Å².